The lowest BCUT2D eigenvalue weighted by Gasteiger charge is -2.17. The molecule has 2 aromatic rings. The Bertz CT molecular complexity index is 1030. The second-order valence-corrected chi connectivity index (χ2v) is 9.36. The molecule has 0 aliphatic carbocycles. The maximum Gasteiger partial charge on any atom is 0.254 e. The molecule has 2 N–H and O–H groups in total. The summed E-state index contributed by atoms with van der Waals surface area (Å²) in [6.07, 6.45) is 1.61. The van der Waals surface area contributed by atoms with E-state index < -0.39 is 15.9 Å². The second kappa shape index (κ2) is 10.0. The van der Waals surface area contributed by atoms with E-state index in [1.165, 1.54) is 36.2 Å². The zero-order valence-electron chi connectivity index (χ0n) is 17.6. The van der Waals surface area contributed by atoms with Gasteiger partial charge in [0.25, 0.3) is 5.91 Å². The van der Waals surface area contributed by atoms with Crippen LogP contribution in [0.1, 0.15) is 28.8 Å². The van der Waals surface area contributed by atoms with Crippen molar-refractivity contribution in [3.63, 3.8) is 0 Å². The fourth-order valence-electron chi connectivity index (χ4n) is 3.23. The Morgan fingerprint density at radius 3 is 2.58 bits per heavy atom. The quantitative estimate of drug-likeness (QED) is 0.648. The van der Waals surface area contributed by atoms with Gasteiger partial charge in [-0.05, 0) is 50.1 Å². The maximum absolute atomic E-state index is 12.7. The van der Waals surface area contributed by atoms with Crippen LogP contribution in [-0.2, 0) is 19.6 Å². The van der Waals surface area contributed by atoms with Crippen molar-refractivity contribution in [1.29, 1.82) is 0 Å². The molecule has 31 heavy (non-hydrogen) atoms. The Morgan fingerprint density at radius 2 is 1.90 bits per heavy atom. The van der Waals surface area contributed by atoms with Crippen LogP contribution in [0.15, 0.2) is 53.4 Å². The molecule has 9 heteroatoms. The molecular formula is C22H27N3O5S. The fourth-order valence-corrected chi connectivity index (χ4v) is 4.34. The van der Waals surface area contributed by atoms with Crippen LogP contribution in [0.4, 0.5) is 5.69 Å². The average Bonchev–Trinajstić information content (AvgIpc) is 3.27. The molecule has 2 amide bonds. The van der Waals surface area contributed by atoms with Crippen LogP contribution in [0.5, 0.6) is 0 Å². The number of hydrogen-bond donors (Lipinski definition) is 2. The summed E-state index contributed by atoms with van der Waals surface area (Å²) in [5, 5.41) is 2.73. The third kappa shape index (κ3) is 6.36. The Kier molecular flexibility index (Phi) is 7.42. The number of benzene rings is 2. The first-order chi connectivity index (χ1) is 14.7. The van der Waals surface area contributed by atoms with Crippen LogP contribution in [0.3, 0.4) is 0 Å². The van der Waals surface area contributed by atoms with Gasteiger partial charge in [0.15, 0.2) is 0 Å². The molecule has 0 saturated carbocycles. The Labute approximate surface area is 182 Å². The molecule has 1 atom stereocenters. The van der Waals surface area contributed by atoms with Crippen molar-refractivity contribution in [2.75, 3.05) is 32.1 Å². The van der Waals surface area contributed by atoms with Crippen molar-refractivity contribution in [2.45, 2.75) is 30.8 Å². The molecule has 1 aliphatic rings. The Morgan fingerprint density at radius 1 is 1.16 bits per heavy atom. The van der Waals surface area contributed by atoms with Gasteiger partial charge in [-0.15, -0.1) is 0 Å². The summed E-state index contributed by atoms with van der Waals surface area (Å²) in [7, 11) is -2.28. The minimum atomic E-state index is -3.78. The SMILES string of the molecule is Cc1ccc(NC(=O)CN(C)C(=O)c2cccc(S(=O)(=O)NC[C@H]3CCCO3)c2)cc1. The fraction of sp³-hybridized carbons (Fsp3) is 0.364. The first kappa shape index (κ1) is 22.9. The number of nitrogens with one attached hydrogen (secondary N) is 2. The van der Waals surface area contributed by atoms with Gasteiger partial charge < -0.3 is 15.0 Å². The highest BCUT2D eigenvalue weighted by Crippen LogP contribution is 2.16. The minimum Gasteiger partial charge on any atom is -0.377 e. The van der Waals surface area contributed by atoms with Gasteiger partial charge in [-0.25, -0.2) is 13.1 Å². The number of likely N-dealkylation sites (N-methyl/N-ethyl adjacent to an activating group) is 1. The van der Waals surface area contributed by atoms with E-state index in [9.17, 15) is 18.0 Å². The second-order valence-electron chi connectivity index (χ2n) is 7.59. The average molecular weight is 446 g/mol. The number of amides is 2. The summed E-state index contributed by atoms with van der Waals surface area (Å²) in [4.78, 5) is 26.2. The molecule has 166 valence electrons. The molecule has 1 fully saturated rings. The summed E-state index contributed by atoms with van der Waals surface area (Å²) < 4.78 is 33.1. The highest BCUT2D eigenvalue weighted by atomic mass is 32.2. The monoisotopic (exact) mass is 445 g/mol. The minimum absolute atomic E-state index is 0.00569. The van der Waals surface area contributed by atoms with E-state index in [1.54, 1.807) is 12.1 Å². The summed E-state index contributed by atoms with van der Waals surface area (Å²) in [6, 6.07) is 13.1. The number of sulfonamides is 1. The molecule has 1 heterocycles. The van der Waals surface area contributed by atoms with Gasteiger partial charge >= 0.3 is 0 Å². The van der Waals surface area contributed by atoms with E-state index >= 15 is 0 Å². The number of carbonyl (C=O) groups is 2. The topological polar surface area (TPSA) is 105 Å². The number of anilines is 1. The van der Waals surface area contributed by atoms with Gasteiger partial charge in [0.05, 0.1) is 17.5 Å². The van der Waals surface area contributed by atoms with Crippen molar-refractivity contribution in [3.05, 3.63) is 59.7 Å². The molecule has 2 aromatic carbocycles. The molecule has 1 saturated heterocycles. The van der Waals surface area contributed by atoms with Crippen molar-refractivity contribution < 1.29 is 22.7 Å². The molecule has 0 unspecified atom stereocenters. The lowest BCUT2D eigenvalue weighted by atomic mass is 10.2. The van der Waals surface area contributed by atoms with Gasteiger partial charge in [0.1, 0.15) is 0 Å². The van der Waals surface area contributed by atoms with Crippen molar-refractivity contribution >= 4 is 27.5 Å². The van der Waals surface area contributed by atoms with Crippen LogP contribution in [-0.4, -0.2) is 58.0 Å². The number of ether oxygens (including phenoxy) is 1. The normalized spacial score (nSPS) is 16.1. The summed E-state index contributed by atoms with van der Waals surface area (Å²) in [6.45, 7) is 2.62. The largest absolute Gasteiger partial charge is 0.377 e. The first-order valence-electron chi connectivity index (χ1n) is 10.1. The van der Waals surface area contributed by atoms with E-state index in [0.717, 1.165) is 18.4 Å². The number of rotatable bonds is 8. The van der Waals surface area contributed by atoms with Crippen LogP contribution in [0.2, 0.25) is 0 Å². The van der Waals surface area contributed by atoms with Crippen molar-refractivity contribution in [3.8, 4) is 0 Å². The predicted octanol–water partition coefficient (Wildman–Crippen LogP) is 2.16. The van der Waals surface area contributed by atoms with Gasteiger partial charge in [-0.2, -0.15) is 0 Å². The Hall–Kier alpha value is -2.75. The maximum atomic E-state index is 12.7. The van der Waals surface area contributed by atoms with E-state index in [0.29, 0.717) is 12.3 Å². The van der Waals surface area contributed by atoms with E-state index in [1.807, 2.05) is 19.1 Å². The summed E-state index contributed by atoms with van der Waals surface area (Å²) in [5.74, 6) is -0.794. The van der Waals surface area contributed by atoms with Gasteiger partial charge in [-0.3, -0.25) is 9.59 Å². The van der Waals surface area contributed by atoms with Gasteiger partial charge in [0, 0.05) is 31.5 Å². The van der Waals surface area contributed by atoms with E-state index in [2.05, 4.69) is 10.0 Å². The standard InChI is InChI=1S/C22H27N3O5S/c1-16-8-10-18(11-9-16)24-21(26)15-25(2)22(27)17-5-3-7-20(13-17)31(28,29)23-14-19-6-4-12-30-19/h3,5,7-11,13,19,23H,4,6,12,14-15H2,1-2H3,(H,24,26)/t19-/m1/s1. The van der Waals surface area contributed by atoms with Gasteiger partial charge in [-0.1, -0.05) is 23.8 Å². The number of nitrogens with zero attached hydrogens (tertiary/aromatic N) is 1. The van der Waals surface area contributed by atoms with Crippen LogP contribution in [0.25, 0.3) is 0 Å². The zero-order valence-corrected chi connectivity index (χ0v) is 18.4. The van der Waals surface area contributed by atoms with Gasteiger partial charge in [0.2, 0.25) is 15.9 Å². The molecule has 3 rings (SSSR count). The summed E-state index contributed by atoms with van der Waals surface area (Å²) in [5.41, 5.74) is 1.90. The van der Waals surface area contributed by atoms with Crippen LogP contribution in [0, 0.1) is 6.92 Å². The molecule has 0 aromatic heterocycles. The molecule has 1 aliphatic heterocycles. The lowest BCUT2D eigenvalue weighted by molar-refractivity contribution is -0.116. The van der Waals surface area contributed by atoms with Crippen LogP contribution >= 0.6 is 0 Å². The third-order valence-electron chi connectivity index (χ3n) is 4.98. The highest BCUT2D eigenvalue weighted by molar-refractivity contribution is 7.89. The number of carbonyl (C=O) groups excluding carboxylic acids is 2. The smallest absolute Gasteiger partial charge is 0.254 e. The van der Waals surface area contributed by atoms with E-state index in [4.69, 9.17) is 4.74 Å². The van der Waals surface area contributed by atoms with E-state index in [-0.39, 0.29) is 35.6 Å². The summed E-state index contributed by atoms with van der Waals surface area (Å²) >= 11 is 0. The molecule has 0 spiro atoms. The number of aryl methyl sites for hydroxylation is 1. The zero-order chi connectivity index (χ0) is 22.4. The predicted molar refractivity (Wildman–Crippen MR) is 117 cm³/mol. The van der Waals surface area contributed by atoms with Crippen molar-refractivity contribution in [2.24, 2.45) is 0 Å². The molecule has 0 radical (unpaired) electrons. The highest BCUT2D eigenvalue weighted by Gasteiger charge is 2.22. The first-order valence-corrected chi connectivity index (χ1v) is 11.6. The van der Waals surface area contributed by atoms with Crippen LogP contribution < -0.4 is 10.0 Å². The molecule has 0 bridgehead atoms. The molecule has 8 nitrogen and oxygen atoms in total. The molecular weight excluding hydrogens is 418 g/mol. The number of hydrogen-bond acceptors (Lipinski definition) is 5. The Balaban J connectivity index is 1.61. The third-order valence-corrected chi connectivity index (χ3v) is 6.40. The lowest BCUT2D eigenvalue weighted by Crippen LogP contribution is -2.35. The van der Waals surface area contributed by atoms with Crippen molar-refractivity contribution in [1.82, 2.24) is 9.62 Å².